The van der Waals surface area contributed by atoms with Gasteiger partial charge in [0.05, 0.1) is 35.5 Å². The van der Waals surface area contributed by atoms with E-state index in [9.17, 15) is 8.78 Å². The molecule has 0 amide bonds. The van der Waals surface area contributed by atoms with Crippen LogP contribution in [0, 0.1) is 13.8 Å². The molecule has 0 aliphatic rings. The van der Waals surface area contributed by atoms with Crippen LogP contribution in [0.1, 0.15) is 23.6 Å². The largest absolute Gasteiger partial charge is 0.377 e. The second-order valence-corrected chi connectivity index (χ2v) is 4.14. The van der Waals surface area contributed by atoms with Crippen molar-refractivity contribution in [2.75, 3.05) is 5.32 Å². The Kier molecular flexibility index (Phi) is 4.88. The first-order chi connectivity index (χ1) is 8.47. The van der Waals surface area contributed by atoms with E-state index in [-0.39, 0.29) is 12.4 Å². The van der Waals surface area contributed by atoms with Crippen LogP contribution in [0.25, 0.3) is 0 Å². The number of anilines is 1. The summed E-state index contributed by atoms with van der Waals surface area (Å²) < 4.78 is 27.3. The van der Waals surface area contributed by atoms with Gasteiger partial charge in [0.1, 0.15) is 0 Å². The average molecular weight is 292 g/mol. The zero-order valence-corrected chi connectivity index (χ0v) is 11.7. The molecule has 0 atom stereocenters. The van der Waals surface area contributed by atoms with Gasteiger partial charge in [-0.3, -0.25) is 4.68 Å². The predicted octanol–water partition coefficient (Wildman–Crippen LogP) is 2.66. The summed E-state index contributed by atoms with van der Waals surface area (Å²) in [7, 11) is 1.85. The SMILES string of the molecule is Cc1cc(CNc2cn(C(F)F)nc2C)n(C)n1.Cl. The van der Waals surface area contributed by atoms with E-state index in [1.807, 2.05) is 20.0 Å². The molecule has 1 N–H and O–H groups in total. The minimum absolute atomic E-state index is 0. The van der Waals surface area contributed by atoms with Crippen LogP contribution in [0.4, 0.5) is 14.5 Å². The van der Waals surface area contributed by atoms with Crippen LogP contribution in [0.5, 0.6) is 0 Å². The average Bonchev–Trinajstić information content (AvgIpc) is 2.79. The first-order valence-corrected chi connectivity index (χ1v) is 5.54. The molecular formula is C11H16ClF2N5. The zero-order chi connectivity index (χ0) is 13.3. The van der Waals surface area contributed by atoms with Crippen molar-refractivity contribution in [3.8, 4) is 0 Å². The van der Waals surface area contributed by atoms with Crippen molar-refractivity contribution >= 4 is 18.1 Å². The molecule has 0 saturated carbocycles. The van der Waals surface area contributed by atoms with Gasteiger partial charge < -0.3 is 5.32 Å². The zero-order valence-electron chi connectivity index (χ0n) is 10.9. The third-order valence-corrected chi connectivity index (χ3v) is 2.68. The number of nitrogens with zero attached hydrogens (tertiary/aromatic N) is 4. The van der Waals surface area contributed by atoms with Gasteiger partial charge in [-0.2, -0.15) is 19.0 Å². The van der Waals surface area contributed by atoms with Gasteiger partial charge >= 0.3 is 6.55 Å². The molecule has 2 heterocycles. The number of aryl methyl sites for hydroxylation is 3. The molecule has 19 heavy (non-hydrogen) atoms. The molecule has 0 aliphatic heterocycles. The van der Waals surface area contributed by atoms with E-state index in [1.54, 1.807) is 11.6 Å². The van der Waals surface area contributed by atoms with Gasteiger partial charge in [0.15, 0.2) is 0 Å². The van der Waals surface area contributed by atoms with Crippen molar-refractivity contribution in [2.45, 2.75) is 26.9 Å². The van der Waals surface area contributed by atoms with Crippen LogP contribution < -0.4 is 5.32 Å². The van der Waals surface area contributed by atoms with E-state index in [2.05, 4.69) is 15.5 Å². The van der Waals surface area contributed by atoms with Crippen molar-refractivity contribution in [1.29, 1.82) is 0 Å². The molecular weight excluding hydrogens is 276 g/mol. The van der Waals surface area contributed by atoms with Crippen molar-refractivity contribution in [1.82, 2.24) is 19.6 Å². The number of hydrogen-bond donors (Lipinski definition) is 1. The molecule has 0 unspecified atom stereocenters. The summed E-state index contributed by atoms with van der Waals surface area (Å²) in [4.78, 5) is 0. The predicted molar refractivity (Wildman–Crippen MR) is 70.7 cm³/mol. The minimum Gasteiger partial charge on any atom is -0.377 e. The van der Waals surface area contributed by atoms with E-state index in [0.717, 1.165) is 11.4 Å². The Labute approximate surface area is 116 Å². The normalized spacial score (nSPS) is 10.6. The minimum atomic E-state index is -2.61. The summed E-state index contributed by atoms with van der Waals surface area (Å²) in [6.07, 6.45) is 1.31. The summed E-state index contributed by atoms with van der Waals surface area (Å²) in [5.74, 6) is 0. The smallest absolute Gasteiger partial charge is 0.333 e. The maximum atomic E-state index is 12.4. The molecule has 0 saturated heterocycles. The van der Waals surface area contributed by atoms with Crippen LogP contribution in [0.2, 0.25) is 0 Å². The van der Waals surface area contributed by atoms with Crippen molar-refractivity contribution < 1.29 is 8.78 Å². The lowest BCUT2D eigenvalue weighted by atomic mass is 10.3. The molecule has 0 spiro atoms. The highest BCUT2D eigenvalue weighted by atomic mass is 35.5. The van der Waals surface area contributed by atoms with Gasteiger partial charge in [0.25, 0.3) is 0 Å². The highest BCUT2D eigenvalue weighted by Gasteiger charge is 2.11. The summed E-state index contributed by atoms with van der Waals surface area (Å²) in [5.41, 5.74) is 3.06. The van der Waals surface area contributed by atoms with Gasteiger partial charge in [-0.05, 0) is 19.9 Å². The first-order valence-electron chi connectivity index (χ1n) is 5.54. The molecule has 0 aliphatic carbocycles. The van der Waals surface area contributed by atoms with Gasteiger partial charge in [-0.15, -0.1) is 12.4 Å². The summed E-state index contributed by atoms with van der Waals surface area (Å²) in [5, 5.41) is 11.0. The number of hydrogen-bond acceptors (Lipinski definition) is 3. The molecule has 0 fully saturated rings. The van der Waals surface area contributed by atoms with E-state index in [1.165, 1.54) is 6.20 Å². The third-order valence-electron chi connectivity index (χ3n) is 2.68. The Hall–Kier alpha value is -1.63. The Bertz CT molecular complexity index is 549. The fraction of sp³-hybridized carbons (Fsp3) is 0.455. The van der Waals surface area contributed by atoms with E-state index >= 15 is 0 Å². The van der Waals surface area contributed by atoms with E-state index in [0.29, 0.717) is 22.6 Å². The third kappa shape index (κ3) is 3.44. The van der Waals surface area contributed by atoms with Gasteiger partial charge in [0, 0.05) is 7.05 Å². The fourth-order valence-corrected chi connectivity index (χ4v) is 1.77. The number of nitrogens with one attached hydrogen (secondary N) is 1. The van der Waals surface area contributed by atoms with Gasteiger partial charge in [-0.1, -0.05) is 0 Å². The fourth-order valence-electron chi connectivity index (χ4n) is 1.77. The number of rotatable bonds is 4. The highest BCUT2D eigenvalue weighted by molar-refractivity contribution is 5.85. The first kappa shape index (κ1) is 15.4. The molecule has 2 aromatic rings. The molecule has 0 bridgehead atoms. The van der Waals surface area contributed by atoms with E-state index < -0.39 is 6.55 Å². The molecule has 0 radical (unpaired) electrons. The molecule has 106 valence electrons. The quantitative estimate of drug-likeness (QED) is 0.942. The van der Waals surface area contributed by atoms with Crippen molar-refractivity contribution in [3.05, 3.63) is 29.3 Å². The van der Waals surface area contributed by atoms with Gasteiger partial charge in [0.2, 0.25) is 0 Å². The monoisotopic (exact) mass is 291 g/mol. The topological polar surface area (TPSA) is 47.7 Å². The Balaban J connectivity index is 0.00000180. The Morgan fingerprint density at radius 3 is 2.47 bits per heavy atom. The number of aromatic nitrogens is 4. The second-order valence-electron chi connectivity index (χ2n) is 4.14. The maximum Gasteiger partial charge on any atom is 0.333 e. The number of alkyl halides is 2. The molecule has 2 rings (SSSR count). The molecule has 8 heteroatoms. The van der Waals surface area contributed by atoms with Crippen LogP contribution in [0.15, 0.2) is 12.3 Å². The molecule has 5 nitrogen and oxygen atoms in total. The standard InChI is InChI=1S/C11H15F2N5.ClH/c1-7-4-9(17(3)15-7)5-14-10-6-18(11(12)13)16-8(10)2;/h4,6,11,14H,5H2,1-3H3;1H. The second kappa shape index (κ2) is 6.01. The van der Waals surface area contributed by atoms with Crippen LogP contribution >= 0.6 is 12.4 Å². The van der Waals surface area contributed by atoms with E-state index in [4.69, 9.17) is 0 Å². The lowest BCUT2D eigenvalue weighted by Gasteiger charge is -2.04. The lowest BCUT2D eigenvalue weighted by Crippen LogP contribution is -2.05. The van der Waals surface area contributed by atoms with Crippen LogP contribution in [0.3, 0.4) is 0 Å². The number of halogens is 3. The Morgan fingerprint density at radius 1 is 1.32 bits per heavy atom. The van der Waals surface area contributed by atoms with Crippen molar-refractivity contribution in [3.63, 3.8) is 0 Å². The Morgan fingerprint density at radius 2 is 2.00 bits per heavy atom. The summed E-state index contributed by atoms with van der Waals surface area (Å²) >= 11 is 0. The highest BCUT2D eigenvalue weighted by Crippen LogP contribution is 2.18. The summed E-state index contributed by atoms with van der Waals surface area (Å²) in [6, 6.07) is 1.94. The van der Waals surface area contributed by atoms with Crippen LogP contribution in [-0.2, 0) is 13.6 Å². The van der Waals surface area contributed by atoms with Gasteiger partial charge in [-0.25, -0.2) is 4.68 Å². The maximum absolute atomic E-state index is 12.4. The lowest BCUT2D eigenvalue weighted by molar-refractivity contribution is 0.0563. The molecule has 0 aromatic carbocycles. The van der Waals surface area contributed by atoms with Crippen LogP contribution in [-0.4, -0.2) is 19.6 Å². The summed E-state index contributed by atoms with van der Waals surface area (Å²) in [6.45, 7) is 1.50. The molecule has 2 aromatic heterocycles. The van der Waals surface area contributed by atoms with Crippen molar-refractivity contribution in [2.24, 2.45) is 7.05 Å².